The lowest BCUT2D eigenvalue weighted by molar-refractivity contribution is 0.0992. The number of thiophene rings is 1. The van der Waals surface area contributed by atoms with E-state index >= 15 is 0 Å². The van der Waals surface area contributed by atoms with Crippen molar-refractivity contribution < 1.29 is 13.2 Å². The van der Waals surface area contributed by atoms with Crippen LogP contribution in [0.15, 0.2) is 4.90 Å². The van der Waals surface area contributed by atoms with Crippen LogP contribution < -0.4 is 10.6 Å². The maximum atomic E-state index is 12.4. The Kier molecular flexibility index (Phi) is 4.63. The van der Waals surface area contributed by atoms with Gasteiger partial charge in [-0.15, -0.1) is 11.3 Å². The number of carbonyl (C=O) groups is 1. The maximum Gasteiger partial charge on any atom is 0.183 e. The summed E-state index contributed by atoms with van der Waals surface area (Å²) >= 11 is 1.23. The van der Waals surface area contributed by atoms with Crippen LogP contribution in [0.5, 0.6) is 0 Å². The van der Waals surface area contributed by atoms with Crippen LogP contribution >= 0.6 is 11.3 Å². The first-order valence-electron chi connectivity index (χ1n) is 7.24. The molecule has 0 spiro atoms. The number of carbonyl (C=O) groups excluding carboxylic acids is 1. The van der Waals surface area contributed by atoms with Gasteiger partial charge in [0.15, 0.2) is 15.6 Å². The monoisotopic (exact) mass is 330 g/mol. The summed E-state index contributed by atoms with van der Waals surface area (Å²) in [5.41, 5.74) is 6.17. The smallest absolute Gasteiger partial charge is 0.183 e. The molecule has 118 valence electrons. The first-order valence-corrected chi connectivity index (χ1v) is 9.71. The Morgan fingerprint density at radius 3 is 2.57 bits per heavy atom. The fraction of sp³-hybridized carbons (Fsp3) is 0.643. The largest absolute Gasteiger partial charge is 0.396 e. The Labute approximate surface area is 130 Å². The van der Waals surface area contributed by atoms with Gasteiger partial charge in [-0.3, -0.25) is 4.79 Å². The van der Waals surface area contributed by atoms with Gasteiger partial charge in [-0.05, 0) is 12.3 Å². The zero-order valence-electron chi connectivity index (χ0n) is 12.7. The second-order valence-electron chi connectivity index (χ2n) is 5.50. The third-order valence-corrected chi connectivity index (χ3v) is 7.09. The molecule has 1 aromatic heterocycles. The van der Waals surface area contributed by atoms with Crippen molar-refractivity contribution in [2.45, 2.75) is 38.5 Å². The van der Waals surface area contributed by atoms with Gasteiger partial charge in [-0.2, -0.15) is 0 Å². The highest BCUT2D eigenvalue weighted by Gasteiger charge is 2.32. The molecule has 2 N–H and O–H groups in total. The molecule has 5 nitrogen and oxygen atoms in total. The summed E-state index contributed by atoms with van der Waals surface area (Å²) in [6, 6.07) is 0. The SMILES string of the molecule is CCC(=O)c1sc(N2CCC(C)C2)c(S(=O)(=O)CC)c1N. The van der Waals surface area contributed by atoms with Crippen LogP contribution in [-0.2, 0) is 9.84 Å². The van der Waals surface area contributed by atoms with Crippen molar-refractivity contribution in [3.63, 3.8) is 0 Å². The van der Waals surface area contributed by atoms with Crippen LogP contribution in [0.3, 0.4) is 0 Å². The van der Waals surface area contributed by atoms with E-state index in [1.807, 2.05) is 0 Å². The zero-order chi connectivity index (χ0) is 15.8. The highest BCUT2D eigenvalue weighted by Crippen LogP contribution is 2.44. The summed E-state index contributed by atoms with van der Waals surface area (Å²) in [5, 5.41) is 0.649. The van der Waals surface area contributed by atoms with Gasteiger partial charge >= 0.3 is 0 Å². The molecule has 2 heterocycles. The van der Waals surface area contributed by atoms with Crippen LogP contribution in [0, 0.1) is 5.92 Å². The van der Waals surface area contributed by atoms with E-state index in [0.29, 0.717) is 22.2 Å². The molecule has 2 rings (SSSR count). The van der Waals surface area contributed by atoms with E-state index in [1.54, 1.807) is 13.8 Å². The maximum absolute atomic E-state index is 12.4. The lowest BCUT2D eigenvalue weighted by atomic mass is 10.2. The lowest BCUT2D eigenvalue weighted by Crippen LogP contribution is -2.20. The molecule has 21 heavy (non-hydrogen) atoms. The normalized spacial score (nSPS) is 19.2. The second-order valence-corrected chi connectivity index (χ2v) is 8.71. The fourth-order valence-electron chi connectivity index (χ4n) is 2.56. The molecule has 1 aliphatic heterocycles. The summed E-state index contributed by atoms with van der Waals surface area (Å²) in [6.45, 7) is 7.12. The number of nitrogen functional groups attached to an aromatic ring is 1. The van der Waals surface area contributed by atoms with Gasteiger partial charge in [-0.25, -0.2) is 8.42 Å². The van der Waals surface area contributed by atoms with Crippen molar-refractivity contribution in [2.75, 3.05) is 29.5 Å². The number of anilines is 2. The van der Waals surface area contributed by atoms with E-state index in [-0.39, 0.29) is 22.1 Å². The molecule has 1 aliphatic rings. The molecule has 0 aliphatic carbocycles. The predicted octanol–water partition coefficient (Wildman–Crippen LogP) is 2.56. The molecule has 0 amide bonds. The molecule has 1 unspecified atom stereocenters. The van der Waals surface area contributed by atoms with Crippen LogP contribution in [0.1, 0.15) is 43.3 Å². The zero-order valence-corrected chi connectivity index (χ0v) is 14.3. The third-order valence-electron chi connectivity index (χ3n) is 3.86. The van der Waals surface area contributed by atoms with Crippen molar-refractivity contribution in [1.29, 1.82) is 0 Å². The van der Waals surface area contributed by atoms with E-state index in [0.717, 1.165) is 19.5 Å². The molecule has 1 fully saturated rings. The Balaban J connectivity index is 2.60. The fourth-order valence-corrected chi connectivity index (χ4v) is 5.41. The van der Waals surface area contributed by atoms with Crippen molar-refractivity contribution in [3.05, 3.63) is 4.88 Å². The first kappa shape index (κ1) is 16.3. The van der Waals surface area contributed by atoms with Crippen molar-refractivity contribution >= 4 is 37.6 Å². The summed E-state index contributed by atoms with van der Waals surface area (Å²) in [7, 11) is -3.44. The average Bonchev–Trinajstić information content (AvgIpc) is 3.01. The summed E-state index contributed by atoms with van der Waals surface area (Å²) in [6.07, 6.45) is 1.35. The number of ketones is 1. The Hall–Kier alpha value is -1.08. The summed E-state index contributed by atoms with van der Waals surface area (Å²) in [5.74, 6) is 0.420. The van der Waals surface area contributed by atoms with Gasteiger partial charge in [0.1, 0.15) is 9.90 Å². The van der Waals surface area contributed by atoms with Crippen LogP contribution in [-0.4, -0.2) is 33.0 Å². The Morgan fingerprint density at radius 1 is 1.43 bits per heavy atom. The molecule has 0 saturated carbocycles. The molecular formula is C14H22N2O3S2. The quantitative estimate of drug-likeness (QED) is 0.839. The minimum atomic E-state index is -3.44. The molecule has 1 saturated heterocycles. The number of rotatable bonds is 5. The average molecular weight is 330 g/mol. The van der Waals surface area contributed by atoms with Gasteiger partial charge in [-0.1, -0.05) is 20.8 Å². The number of hydrogen-bond acceptors (Lipinski definition) is 6. The van der Waals surface area contributed by atoms with Gasteiger partial charge in [0.2, 0.25) is 0 Å². The molecular weight excluding hydrogens is 308 g/mol. The third kappa shape index (κ3) is 2.94. The van der Waals surface area contributed by atoms with Gasteiger partial charge in [0.05, 0.1) is 16.3 Å². The van der Waals surface area contributed by atoms with Gasteiger partial charge in [0.25, 0.3) is 0 Å². The molecule has 0 bridgehead atoms. The van der Waals surface area contributed by atoms with Crippen LogP contribution in [0.4, 0.5) is 10.7 Å². The molecule has 1 atom stereocenters. The van der Waals surface area contributed by atoms with E-state index in [1.165, 1.54) is 11.3 Å². The minimum absolute atomic E-state index is 0.00984. The number of nitrogens with zero attached hydrogens (tertiary/aromatic N) is 1. The van der Waals surface area contributed by atoms with Gasteiger partial charge < -0.3 is 10.6 Å². The van der Waals surface area contributed by atoms with Crippen molar-refractivity contribution in [3.8, 4) is 0 Å². The topological polar surface area (TPSA) is 80.5 Å². The van der Waals surface area contributed by atoms with E-state index < -0.39 is 9.84 Å². The number of sulfone groups is 1. The van der Waals surface area contributed by atoms with E-state index in [2.05, 4.69) is 11.8 Å². The van der Waals surface area contributed by atoms with Crippen molar-refractivity contribution in [2.24, 2.45) is 5.92 Å². The minimum Gasteiger partial charge on any atom is -0.396 e. The van der Waals surface area contributed by atoms with Crippen LogP contribution in [0.2, 0.25) is 0 Å². The highest BCUT2D eigenvalue weighted by atomic mass is 32.2. The standard InChI is InChI=1S/C14H22N2O3S2/c1-4-10(17)12-11(15)13(21(18,19)5-2)14(20-12)16-7-6-9(3)8-16/h9H,4-8,15H2,1-3H3. The Bertz CT molecular complexity index is 649. The molecule has 1 aromatic rings. The van der Waals surface area contributed by atoms with Crippen molar-refractivity contribution in [1.82, 2.24) is 0 Å². The van der Waals surface area contributed by atoms with Crippen LogP contribution in [0.25, 0.3) is 0 Å². The molecule has 0 aromatic carbocycles. The second kappa shape index (κ2) is 5.96. The summed E-state index contributed by atoms with van der Waals surface area (Å²) < 4.78 is 24.8. The van der Waals surface area contributed by atoms with E-state index in [9.17, 15) is 13.2 Å². The van der Waals surface area contributed by atoms with E-state index in [4.69, 9.17) is 5.73 Å². The highest BCUT2D eigenvalue weighted by molar-refractivity contribution is 7.92. The summed E-state index contributed by atoms with van der Waals surface area (Å²) in [4.78, 5) is 14.6. The number of Topliss-reactive ketones (excluding diaryl/α,β-unsaturated/α-hetero) is 1. The number of nitrogens with two attached hydrogens (primary N) is 1. The molecule has 7 heteroatoms. The number of hydrogen-bond donors (Lipinski definition) is 1. The predicted molar refractivity (Wildman–Crippen MR) is 87.1 cm³/mol. The Morgan fingerprint density at radius 2 is 2.10 bits per heavy atom. The molecule has 0 radical (unpaired) electrons. The van der Waals surface area contributed by atoms with Gasteiger partial charge in [0, 0.05) is 19.5 Å². The first-order chi connectivity index (χ1) is 9.81. The lowest BCUT2D eigenvalue weighted by Gasteiger charge is -2.18.